The SMILES string of the molecule is Cc1ccc(CCNC(=O)CCC(=O)C(C)(C)C)cc1. The quantitative estimate of drug-likeness (QED) is 0.867. The maximum Gasteiger partial charge on any atom is 0.220 e. The summed E-state index contributed by atoms with van der Waals surface area (Å²) in [7, 11) is 0. The molecule has 0 aromatic heterocycles. The fraction of sp³-hybridized carbons (Fsp3) is 0.529. The largest absolute Gasteiger partial charge is 0.356 e. The Bertz CT molecular complexity index is 455. The van der Waals surface area contributed by atoms with Crippen LogP contribution in [0.1, 0.15) is 44.7 Å². The molecule has 1 N–H and O–H groups in total. The zero-order valence-corrected chi connectivity index (χ0v) is 13.0. The van der Waals surface area contributed by atoms with Gasteiger partial charge in [-0.25, -0.2) is 0 Å². The lowest BCUT2D eigenvalue weighted by Gasteiger charge is -2.16. The van der Waals surface area contributed by atoms with E-state index < -0.39 is 0 Å². The molecule has 1 amide bonds. The summed E-state index contributed by atoms with van der Waals surface area (Å²) in [5, 5.41) is 2.86. The second-order valence-corrected chi connectivity index (χ2v) is 6.26. The van der Waals surface area contributed by atoms with E-state index in [1.807, 2.05) is 20.8 Å². The number of ketones is 1. The number of Topliss-reactive ketones (excluding diaryl/α,β-unsaturated/α-hetero) is 1. The van der Waals surface area contributed by atoms with Gasteiger partial charge < -0.3 is 5.32 Å². The van der Waals surface area contributed by atoms with Crippen LogP contribution in [-0.2, 0) is 16.0 Å². The third-order valence-electron chi connectivity index (χ3n) is 3.27. The number of benzene rings is 1. The topological polar surface area (TPSA) is 46.2 Å². The molecule has 20 heavy (non-hydrogen) atoms. The van der Waals surface area contributed by atoms with Crippen molar-refractivity contribution in [3.63, 3.8) is 0 Å². The molecule has 0 bridgehead atoms. The fourth-order valence-corrected chi connectivity index (χ4v) is 1.79. The number of aryl methyl sites for hydroxylation is 1. The summed E-state index contributed by atoms with van der Waals surface area (Å²) in [4.78, 5) is 23.4. The Balaban J connectivity index is 2.24. The van der Waals surface area contributed by atoms with Crippen molar-refractivity contribution in [3.8, 4) is 0 Å². The number of carbonyl (C=O) groups excluding carboxylic acids is 2. The highest BCUT2D eigenvalue weighted by atomic mass is 16.2. The Kier molecular flexibility index (Phi) is 5.93. The summed E-state index contributed by atoms with van der Waals surface area (Å²) < 4.78 is 0. The molecule has 0 heterocycles. The summed E-state index contributed by atoms with van der Waals surface area (Å²) in [5.74, 6) is 0.0842. The molecule has 0 saturated carbocycles. The van der Waals surface area contributed by atoms with Gasteiger partial charge in [-0.15, -0.1) is 0 Å². The average molecular weight is 275 g/mol. The molecule has 1 aromatic rings. The van der Waals surface area contributed by atoms with Gasteiger partial charge in [0, 0.05) is 24.8 Å². The van der Waals surface area contributed by atoms with Gasteiger partial charge in [-0.1, -0.05) is 50.6 Å². The van der Waals surface area contributed by atoms with Crippen LogP contribution in [0.15, 0.2) is 24.3 Å². The van der Waals surface area contributed by atoms with Crippen LogP contribution in [0.3, 0.4) is 0 Å². The second kappa shape index (κ2) is 7.22. The van der Waals surface area contributed by atoms with E-state index in [-0.39, 0.29) is 23.5 Å². The smallest absolute Gasteiger partial charge is 0.220 e. The normalized spacial score (nSPS) is 11.2. The van der Waals surface area contributed by atoms with Gasteiger partial charge in [0.1, 0.15) is 5.78 Å². The first-order valence-corrected chi connectivity index (χ1v) is 7.14. The third kappa shape index (κ3) is 6.00. The van der Waals surface area contributed by atoms with E-state index in [9.17, 15) is 9.59 Å². The minimum Gasteiger partial charge on any atom is -0.356 e. The molecular weight excluding hydrogens is 250 g/mol. The van der Waals surface area contributed by atoms with Crippen molar-refractivity contribution in [2.45, 2.75) is 47.0 Å². The molecule has 0 unspecified atom stereocenters. The van der Waals surface area contributed by atoms with Gasteiger partial charge in [0.25, 0.3) is 0 Å². The van der Waals surface area contributed by atoms with Crippen LogP contribution in [0.25, 0.3) is 0 Å². The summed E-state index contributed by atoms with van der Waals surface area (Å²) >= 11 is 0. The van der Waals surface area contributed by atoms with E-state index in [1.54, 1.807) is 0 Å². The Labute approximate surface area is 121 Å². The first kappa shape index (κ1) is 16.4. The van der Waals surface area contributed by atoms with E-state index in [0.29, 0.717) is 13.0 Å². The highest BCUT2D eigenvalue weighted by molar-refractivity contribution is 5.88. The summed E-state index contributed by atoms with van der Waals surface area (Å²) in [5.41, 5.74) is 2.09. The molecule has 1 aromatic carbocycles. The van der Waals surface area contributed by atoms with E-state index in [4.69, 9.17) is 0 Å². The van der Waals surface area contributed by atoms with Crippen molar-refractivity contribution in [1.82, 2.24) is 5.32 Å². The fourth-order valence-electron chi connectivity index (χ4n) is 1.79. The Hall–Kier alpha value is -1.64. The Morgan fingerprint density at radius 1 is 1.05 bits per heavy atom. The van der Waals surface area contributed by atoms with Crippen molar-refractivity contribution >= 4 is 11.7 Å². The third-order valence-corrected chi connectivity index (χ3v) is 3.27. The first-order chi connectivity index (χ1) is 9.29. The summed E-state index contributed by atoms with van der Waals surface area (Å²) in [6.07, 6.45) is 1.42. The van der Waals surface area contributed by atoms with Gasteiger partial charge >= 0.3 is 0 Å². The van der Waals surface area contributed by atoms with Crippen LogP contribution in [-0.4, -0.2) is 18.2 Å². The van der Waals surface area contributed by atoms with Gasteiger partial charge in [-0.3, -0.25) is 9.59 Å². The number of hydrogen-bond donors (Lipinski definition) is 1. The highest BCUT2D eigenvalue weighted by Gasteiger charge is 2.21. The molecule has 0 aliphatic heterocycles. The molecular formula is C17H25NO2. The molecule has 110 valence electrons. The average Bonchev–Trinajstić information content (AvgIpc) is 2.37. The van der Waals surface area contributed by atoms with Crippen molar-refractivity contribution in [1.29, 1.82) is 0 Å². The van der Waals surface area contributed by atoms with Crippen molar-refractivity contribution < 1.29 is 9.59 Å². The van der Waals surface area contributed by atoms with Crippen LogP contribution >= 0.6 is 0 Å². The number of nitrogens with one attached hydrogen (secondary N) is 1. The van der Waals surface area contributed by atoms with Gasteiger partial charge in [0.15, 0.2) is 0 Å². The molecule has 1 rings (SSSR count). The van der Waals surface area contributed by atoms with Crippen molar-refractivity contribution in [2.75, 3.05) is 6.54 Å². The summed E-state index contributed by atoms with van der Waals surface area (Å²) in [6, 6.07) is 8.29. The maximum atomic E-state index is 11.7. The van der Waals surface area contributed by atoms with Crippen molar-refractivity contribution in [3.05, 3.63) is 35.4 Å². The van der Waals surface area contributed by atoms with E-state index in [0.717, 1.165) is 6.42 Å². The Morgan fingerprint density at radius 3 is 2.20 bits per heavy atom. The minimum absolute atomic E-state index is 0.0466. The maximum absolute atomic E-state index is 11.7. The predicted octanol–water partition coefficient (Wildman–Crippen LogP) is 3.05. The molecule has 0 radical (unpaired) electrons. The predicted molar refractivity (Wildman–Crippen MR) is 81.6 cm³/mol. The molecule has 0 saturated heterocycles. The number of carbonyl (C=O) groups is 2. The zero-order chi connectivity index (χ0) is 15.2. The van der Waals surface area contributed by atoms with Crippen molar-refractivity contribution in [2.24, 2.45) is 5.41 Å². The molecule has 0 aliphatic rings. The molecule has 0 fully saturated rings. The first-order valence-electron chi connectivity index (χ1n) is 7.14. The number of amides is 1. The molecule has 3 nitrogen and oxygen atoms in total. The lowest BCUT2D eigenvalue weighted by Crippen LogP contribution is -2.28. The zero-order valence-electron chi connectivity index (χ0n) is 13.0. The number of rotatable bonds is 6. The van der Waals surface area contributed by atoms with Crippen LogP contribution in [0.2, 0.25) is 0 Å². The van der Waals surface area contributed by atoms with Crippen LogP contribution < -0.4 is 5.32 Å². The molecule has 0 aliphatic carbocycles. The van der Waals surface area contributed by atoms with Gasteiger partial charge in [-0.2, -0.15) is 0 Å². The van der Waals surface area contributed by atoms with Crippen LogP contribution in [0, 0.1) is 12.3 Å². The van der Waals surface area contributed by atoms with E-state index >= 15 is 0 Å². The van der Waals surface area contributed by atoms with Crippen LogP contribution in [0.4, 0.5) is 0 Å². The highest BCUT2D eigenvalue weighted by Crippen LogP contribution is 2.17. The number of hydrogen-bond acceptors (Lipinski definition) is 2. The summed E-state index contributed by atoms with van der Waals surface area (Å²) in [6.45, 7) is 8.31. The Morgan fingerprint density at radius 2 is 1.65 bits per heavy atom. The van der Waals surface area contributed by atoms with Gasteiger partial charge in [-0.05, 0) is 18.9 Å². The molecule has 0 spiro atoms. The van der Waals surface area contributed by atoms with Crippen LogP contribution in [0.5, 0.6) is 0 Å². The van der Waals surface area contributed by atoms with E-state index in [1.165, 1.54) is 11.1 Å². The lowest BCUT2D eigenvalue weighted by molar-refractivity contribution is -0.129. The second-order valence-electron chi connectivity index (χ2n) is 6.26. The molecule has 0 atom stereocenters. The molecule has 3 heteroatoms. The van der Waals surface area contributed by atoms with Gasteiger partial charge in [0.05, 0.1) is 0 Å². The van der Waals surface area contributed by atoms with Gasteiger partial charge in [0.2, 0.25) is 5.91 Å². The lowest BCUT2D eigenvalue weighted by atomic mass is 9.88. The van der Waals surface area contributed by atoms with E-state index in [2.05, 4.69) is 36.5 Å². The standard InChI is InChI=1S/C17H25NO2/c1-13-5-7-14(8-6-13)11-12-18-16(20)10-9-15(19)17(2,3)4/h5-8H,9-12H2,1-4H3,(H,18,20). The monoisotopic (exact) mass is 275 g/mol. The minimum atomic E-state index is -0.359.